The number of anilines is 1. The first-order chi connectivity index (χ1) is 17.1. The van der Waals surface area contributed by atoms with Gasteiger partial charge in [-0.25, -0.2) is 14.6 Å². The van der Waals surface area contributed by atoms with E-state index in [0.717, 1.165) is 54.8 Å². The second-order valence-corrected chi connectivity index (χ2v) is 10.2. The molecule has 2 N–H and O–H groups in total. The largest absolute Gasteiger partial charge is 0.383 e. The average Bonchev–Trinajstić information content (AvgIpc) is 3.51. The van der Waals surface area contributed by atoms with Crippen molar-refractivity contribution in [2.75, 3.05) is 18.8 Å². The van der Waals surface area contributed by atoms with Crippen LogP contribution in [-0.4, -0.2) is 54.6 Å². The third-order valence-electron chi connectivity index (χ3n) is 8.06. The Bertz CT molecular complexity index is 1280. The third-order valence-corrected chi connectivity index (χ3v) is 8.06. The number of benzene rings is 1. The van der Waals surface area contributed by atoms with Crippen LogP contribution in [0.1, 0.15) is 62.1 Å². The summed E-state index contributed by atoms with van der Waals surface area (Å²) in [6.07, 6.45) is 11.4. The molecule has 1 atom stereocenters. The highest BCUT2D eigenvalue weighted by Gasteiger charge is 2.30. The molecule has 182 valence electrons. The van der Waals surface area contributed by atoms with Crippen LogP contribution in [0.2, 0.25) is 0 Å². The van der Waals surface area contributed by atoms with Gasteiger partial charge in [-0.1, -0.05) is 38.0 Å². The summed E-state index contributed by atoms with van der Waals surface area (Å²) in [5.74, 6) is 0.400. The van der Waals surface area contributed by atoms with Crippen molar-refractivity contribution in [3.8, 4) is 11.3 Å². The highest BCUT2D eigenvalue weighted by atomic mass is 16.2. The summed E-state index contributed by atoms with van der Waals surface area (Å²) in [6.45, 7) is 7.02. The van der Waals surface area contributed by atoms with Gasteiger partial charge >= 0.3 is 0 Å². The number of carbonyl (C=O) groups excluding carboxylic acids is 1. The maximum atomic E-state index is 12.3. The van der Waals surface area contributed by atoms with E-state index in [1.807, 2.05) is 9.58 Å². The first kappa shape index (κ1) is 22.2. The van der Waals surface area contributed by atoms with Gasteiger partial charge in [-0.3, -0.25) is 9.69 Å². The number of hydrogen-bond acceptors (Lipinski definition) is 6. The first-order valence-corrected chi connectivity index (χ1v) is 12.9. The number of piperidine rings is 1. The van der Waals surface area contributed by atoms with Gasteiger partial charge < -0.3 is 10.6 Å². The number of rotatable bonds is 4. The van der Waals surface area contributed by atoms with Gasteiger partial charge in [0.15, 0.2) is 5.65 Å². The van der Waals surface area contributed by atoms with E-state index in [2.05, 4.69) is 39.6 Å². The van der Waals surface area contributed by atoms with E-state index in [4.69, 9.17) is 10.8 Å². The molecule has 3 aromatic rings. The zero-order valence-corrected chi connectivity index (χ0v) is 20.2. The van der Waals surface area contributed by atoms with Gasteiger partial charge in [-0.15, -0.1) is 0 Å². The minimum atomic E-state index is -0.0401. The summed E-state index contributed by atoms with van der Waals surface area (Å²) < 4.78 is 1.97. The Labute approximate surface area is 205 Å². The molecule has 1 saturated carbocycles. The van der Waals surface area contributed by atoms with E-state index in [0.29, 0.717) is 18.4 Å². The number of carbonyl (C=O) groups is 1. The van der Waals surface area contributed by atoms with Crippen molar-refractivity contribution in [3.05, 3.63) is 48.3 Å². The Kier molecular flexibility index (Phi) is 5.76. The van der Waals surface area contributed by atoms with Gasteiger partial charge in [0.25, 0.3) is 0 Å². The second kappa shape index (κ2) is 9.07. The number of nitrogens with two attached hydrogens (primary N) is 1. The predicted molar refractivity (Wildman–Crippen MR) is 136 cm³/mol. The van der Waals surface area contributed by atoms with E-state index in [1.165, 1.54) is 55.6 Å². The molecule has 2 aliphatic heterocycles. The van der Waals surface area contributed by atoms with Crippen molar-refractivity contribution in [2.24, 2.45) is 0 Å². The molecule has 8 nitrogen and oxygen atoms in total. The second-order valence-electron chi connectivity index (χ2n) is 10.2. The van der Waals surface area contributed by atoms with Crippen LogP contribution in [0, 0.1) is 0 Å². The first-order valence-electron chi connectivity index (χ1n) is 12.9. The van der Waals surface area contributed by atoms with Crippen LogP contribution in [0.3, 0.4) is 0 Å². The Morgan fingerprint density at radius 1 is 1.03 bits per heavy atom. The monoisotopic (exact) mass is 471 g/mol. The maximum absolute atomic E-state index is 12.3. The average molecular weight is 472 g/mol. The summed E-state index contributed by atoms with van der Waals surface area (Å²) in [4.78, 5) is 25.6. The van der Waals surface area contributed by atoms with E-state index >= 15 is 0 Å². The molecule has 0 radical (unpaired) electrons. The molecule has 35 heavy (non-hydrogen) atoms. The summed E-state index contributed by atoms with van der Waals surface area (Å²) >= 11 is 0. The van der Waals surface area contributed by atoms with Gasteiger partial charge in [0, 0.05) is 37.8 Å². The Hall–Kier alpha value is -3.26. The van der Waals surface area contributed by atoms with Crippen molar-refractivity contribution in [1.82, 2.24) is 29.5 Å². The molecule has 1 aromatic carbocycles. The third kappa shape index (κ3) is 3.99. The van der Waals surface area contributed by atoms with Gasteiger partial charge in [0.1, 0.15) is 17.8 Å². The molecule has 6 rings (SSSR count). The SMILES string of the molecule is C=CC(=O)N1CCC[C@@H](n2nc(-c3ccc4c(c3)CN(C3CCCCC3)C4)c3c(N)ncnc32)C1. The minimum Gasteiger partial charge on any atom is -0.383 e. The molecule has 1 aliphatic carbocycles. The van der Waals surface area contributed by atoms with Crippen molar-refractivity contribution < 1.29 is 4.79 Å². The number of likely N-dealkylation sites (tertiary alicyclic amines) is 1. The quantitative estimate of drug-likeness (QED) is 0.577. The van der Waals surface area contributed by atoms with Crippen LogP contribution in [0.15, 0.2) is 37.2 Å². The molecule has 0 unspecified atom stereocenters. The molecular weight excluding hydrogens is 438 g/mol. The Balaban J connectivity index is 1.35. The molecule has 1 saturated heterocycles. The van der Waals surface area contributed by atoms with E-state index in [-0.39, 0.29) is 11.9 Å². The van der Waals surface area contributed by atoms with Crippen molar-refractivity contribution >= 4 is 22.8 Å². The normalized spacial score (nSPS) is 21.4. The molecule has 8 heteroatoms. The fraction of sp³-hybridized carbons (Fsp3) is 0.481. The van der Waals surface area contributed by atoms with Crippen molar-refractivity contribution in [1.29, 1.82) is 0 Å². The van der Waals surface area contributed by atoms with Gasteiger partial charge in [0.2, 0.25) is 5.91 Å². The molecule has 0 spiro atoms. The van der Waals surface area contributed by atoms with Crippen LogP contribution in [0.4, 0.5) is 5.82 Å². The lowest BCUT2D eigenvalue weighted by molar-refractivity contribution is -0.127. The molecule has 2 aromatic heterocycles. The van der Waals surface area contributed by atoms with Crippen molar-refractivity contribution in [3.63, 3.8) is 0 Å². The van der Waals surface area contributed by atoms with Gasteiger partial charge in [-0.2, -0.15) is 5.10 Å². The summed E-state index contributed by atoms with van der Waals surface area (Å²) in [7, 11) is 0. The van der Waals surface area contributed by atoms with E-state index in [9.17, 15) is 4.79 Å². The Morgan fingerprint density at radius 3 is 2.66 bits per heavy atom. The minimum absolute atomic E-state index is 0.0365. The highest BCUT2D eigenvalue weighted by molar-refractivity contribution is 5.98. The number of fused-ring (bicyclic) bond motifs is 2. The molecular formula is C27H33N7O. The maximum Gasteiger partial charge on any atom is 0.246 e. The lowest BCUT2D eigenvalue weighted by Gasteiger charge is -2.32. The summed E-state index contributed by atoms with van der Waals surface area (Å²) in [5.41, 5.74) is 11.8. The zero-order valence-electron chi connectivity index (χ0n) is 20.2. The summed E-state index contributed by atoms with van der Waals surface area (Å²) in [5, 5.41) is 5.85. The number of nitrogen functional groups attached to an aromatic ring is 1. The lowest BCUT2D eigenvalue weighted by atomic mass is 9.94. The molecule has 4 heterocycles. The predicted octanol–water partition coefficient (Wildman–Crippen LogP) is 4.07. The number of amides is 1. The summed E-state index contributed by atoms with van der Waals surface area (Å²) in [6, 6.07) is 7.44. The highest BCUT2D eigenvalue weighted by Crippen LogP contribution is 2.37. The van der Waals surface area contributed by atoms with Crippen LogP contribution >= 0.6 is 0 Å². The molecule has 0 bridgehead atoms. The fourth-order valence-corrected chi connectivity index (χ4v) is 6.21. The topological polar surface area (TPSA) is 93.2 Å². The Morgan fingerprint density at radius 2 is 1.83 bits per heavy atom. The van der Waals surface area contributed by atoms with Crippen LogP contribution in [0.5, 0.6) is 0 Å². The van der Waals surface area contributed by atoms with Crippen LogP contribution < -0.4 is 5.73 Å². The number of aromatic nitrogens is 4. The lowest BCUT2D eigenvalue weighted by Crippen LogP contribution is -2.40. The molecule has 3 aliphatic rings. The van der Waals surface area contributed by atoms with Crippen molar-refractivity contribution in [2.45, 2.75) is 70.1 Å². The van der Waals surface area contributed by atoms with Crippen LogP contribution in [0.25, 0.3) is 22.3 Å². The van der Waals surface area contributed by atoms with Crippen LogP contribution in [-0.2, 0) is 17.9 Å². The molecule has 2 fully saturated rings. The van der Waals surface area contributed by atoms with Gasteiger partial charge in [-0.05, 0) is 49.0 Å². The molecule has 1 amide bonds. The zero-order chi connectivity index (χ0) is 23.9. The van der Waals surface area contributed by atoms with Gasteiger partial charge in [0.05, 0.1) is 11.4 Å². The standard InChI is InChI=1S/C27H33N7O/c1-2-23(35)32-12-6-9-22(16-32)34-27-24(26(28)29-17-30-27)25(31-34)18-10-11-19-14-33(15-20(19)13-18)21-7-4-3-5-8-21/h2,10-11,13,17,21-22H,1,3-9,12,14-16H2,(H2,28,29,30)/t22-/m1/s1. The van der Waals surface area contributed by atoms with E-state index in [1.54, 1.807) is 0 Å². The van der Waals surface area contributed by atoms with E-state index < -0.39 is 0 Å². The smallest absolute Gasteiger partial charge is 0.246 e. The number of nitrogens with zero attached hydrogens (tertiary/aromatic N) is 6. The number of hydrogen-bond donors (Lipinski definition) is 1. The fourth-order valence-electron chi connectivity index (χ4n) is 6.21.